The molecule has 2 rings (SSSR count). The molecule has 0 spiro atoms. The normalized spacial score (nSPS) is 24.1. The Morgan fingerprint density at radius 2 is 2.17 bits per heavy atom. The van der Waals surface area contributed by atoms with Crippen molar-refractivity contribution in [1.82, 2.24) is 15.0 Å². The highest BCUT2D eigenvalue weighted by atomic mass is 35.5. The van der Waals surface area contributed by atoms with Gasteiger partial charge in [0.25, 0.3) is 0 Å². The van der Waals surface area contributed by atoms with Crippen molar-refractivity contribution in [3.05, 3.63) is 11.7 Å². The molecule has 7 nitrogen and oxygen atoms in total. The van der Waals surface area contributed by atoms with Crippen LogP contribution in [0, 0.1) is 5.92 Å². The van der Waals surface area contributed by atoms with Crippen molar-refractivity contribution in [2.75, 3.05) is 6.54 Å². The van der Waals surface area contributed by atoms with Gasteiger partial charge in [0.15, 0.2) is 5.82 Å². The Hall–Kier alpha value is -1.18. The minimum Gasteiger partial charge on any atom is -0.391 e. The third kappa shape index (κ3) is 5.16. The summed E-state index contributed by atoms with van der Waals surface area (Å²) in [5, 5.41) is 13.8. The van der Waals surface area contributed by atoms with E-state index in [-0.39, 0.29) is 30.3 Å². The summed E-state index contributed by atoms with van der Waals surface area (Å²) in [6, 6.07) is -0.215. The fourth-order valence-corrected chi connectivity index (χ4v) is 2.84. The molecule has 0 bridgehead atoms. The molecule has 1 aromatic heterocycles. The van der Waals surface area contributed by atoms with Crippen molar-refractivity contribution in [3.8, 4) is 0 Å². The SMILES string of the molecule is CCCc1nc(CN(CC)C(=O)[C@H]2CC[C@@H](N)[C@H](O)C2)no1.Cl. The van der Waals surface area contributed by atoms with E-state index < -0.39 is 6.10 Å². The van der Waals surface area contributed by atoms with Crippen LogP contribution in [0.5, 0.6) is 0 Å². The van der Waals surface area contributed by atoms with Gasteiger partial charge in [-0.3, -0.25) is 4.79 Å². The van der Waals surface area contributed by atoms with Crippen LogP contribution in [0.3, 0.4) is 0 Å². The standard InChI is InChI=1S/C15H26N4O3.ClH/c1-3-5-14-17-13(18-22-14)9-19(4-2)15(21)10-6-7-11(16)12(20)8-10;/h10-12,20H,3-9,16H2,1-2H3;1H/t10-,11+,12+;/m0./s1. The van der Waals surface area contributed by atoms with Gasteiger partial charge in [-0.15, -0.1) is 12.4 Å². The van der Waals surface area contributed by atoms with Crippen LogP contribution in [-0.2, 0) is 17.8 Å². The van der Waals surface area contributed by atoms with Gasteiger partial charge in [0, 0.05) is 24.9 Å². The molecule has 8 heteroatoms. The summed E-state index contributed by atoms with van der Waals surface area (Å²) in [5.74, 6) is 1.01. The van der Waals surface area contributed by atoms with Gasteiger partial charge in [-0.05, 0) is 32.6 Å². The monoisotopic (exact) mass is 346 g/mol. The summed E-state index contributed by atoms with van der Waals surface area (Å²) < 4.78 is 5.15. The second-order valence-electron chi connectivity index (χ2n) is 5.95. The highest BCUT2D eigenvalue weighted by Crippen LogP contribution is 2.26. The Labute approximate surface area is 143 Å². The van der Waals surface area contributed by atoms with E-state index in [4.69, 9.17) is 10.3 Å². The van der Waals surface area contributed by atoms with Crippen LogP contribution in [0.15, 0.2) is 4.52 Å². The Morgan fingerprint density at radius 3 is 2.78 bits per heavy atom. The third-order valence-electron chi connectivity index (χ3n) is 4.22. The lowest BCUT2D eigenvalue weighted by Gasteiger charge is -2.33. The van der Waals surface area contributed by atoms with Crippen molar-refractivity contribution >= 4 is 18.3 Å². The smallest absolute Gasteiger partial charge is 0.226 e. The minimum absolute atomic E-state index is 0. The lowest BCUT2D eigenvalue weighted by atomic mass is 9.83. The minimum atomic E-state index is -0.595. The second-order valence-corrected chi connectivity index (χ2v) is 5.95. The summed E-state index contributed by atoms with van der Waals surface area (Å²) in [6.07, 6.45) is 2.93. The fraction of sp³-hybridized carbons (Fsp3) is 0.800. The summed E-state index contributed by atoms with van der Waals surface area (Å²) in [7, 11) is 0. The van der Waals surface area contributed by atoms with Gasteiger partial charge < -0.3 is 20.3 Å². The van der Waals surface area contributed by atoms with Crippen LogP contribution in [0.4, 0.5) is 0 Å². The molecule has 3 atom stereocenters. The molecule has 0 aromatic carbocycles. The number of aryl methyl sites for hydroxylation is 1. The zero-order valence-corrected chi connectivity index (χ0v) is 14.6. The summed E-state index contributed by atoms with van der Waals surface area (Å²) in [5.41, 5.74) is 5.80. The average Bonchev–Trinajstić information content (AvgIpc) is 2.94. The highest BCUT2D eigenvalue weighted by Gasteiger charge is 2.33. The molecule has 0 saturated heterocycles. The molecule has 0 unspecified atom stereocenters. The van der Waals surface area contributed by atoms with Crippen molar-refractivity contribution in [1.29, 1.82) is 0 Å². The van der Waals surface area contributed by atoms with Crippen LogP contribution in [0.2, 0.25) is 0 Å². The fourth-order valence-electron chi connectivity index (χ4n) is 2.84. The lowest BCUT2D eigenvalue weighted by Crippen LogP contribution is -2.45. The van der Waals surface area contributed by atoms with Crippen molar-refractivity contribution in [2.24, 2.45) is 11.7 Å². The molecule has 0 radical (unpaired) electrons. The van der Waals surface area contributed by atoms with E-state index in [9.17, 15) is 9.90 Å². The van der Waals surface area contributed by atoms with Crippen LogP contribution in [-0.4, -0.2) is 44.7 Å². The Balaban J connectivity index is 0.00000264. The van der Waals surface area contributed by atoms with Gasteiger partial charge in [-0.1, -0.05) is 12.1 Å². The molecule has 1 aliphatic carbocycles. The van der Waals surface area contributed by atoms with E-state index in [2.05, 4.69) is 10.1 Å². The van der Waals surface area contributed by atoms with Gasteiger partial charge >= 0.3 is 0 Å². The molecule has 1 heterocycles. The Morgan fingerprint density at radius 1 is 1.43 bits per heavy atom. The van der Waals surface area contributed by atoms with Crippen molar-refractivity contribution < 1.29 is 14.4 Å². The van der Waals surface area contributed by atoms with Crippen LogP contribution >= 0.6 is 12.4 Å². The van der Waals surface area contributed by atoms with Gasteiger partial charge in [0.2, 0.25) is 11.8 Å². The molecule has 1 saturated carbocycles. The summed E-state index contributed by atoms with van der Waals surface area (Å²) in [6.45, 7) is 4.90. The number of nitrogens with zero attached hydrogens (tertiary/aromatic N) is 3. The number of amides is 1. The summed E-state index contributed by atoms with van der Waals surface area (Å²) in [4.78, 5) is 18.6. The first-order valence-corrected chi connectivity index (χ1v) is 8.09. The average molecular weight is 347 g/mol. The van der Waals surface area contributed by atoms with E-state index in [1.165, 1.54) is 0 Å². The van der Waals surface area contributed by atoms with E-state index in [1.54, 1.807) is 4.90 Å². The Bertz CT molecular complexity index is 497. The molecular formula is C15H27ClN4O3. The zero-order valence-electron chi connectivity index (χ0n) is 13.8. The molecule has 3 N–H and O–H groups in total. The van der Waals surface area contributed by atoms with Crippen LogP contribution < -0.4 is 5.73 Å². The molecule has 1 aliphatic rings. The number of carbonyl (C=O) groups is 1. The molecule has 1 aromatic rings. The maximum Gasteiger partial charge on any atom is 0.226 e. The van der Waals surface area contributed by atoms with E-state index in [0.717, 1.165) is 19.3 Å². The van der Waals surface area contributed by atoms with Crippen molar-refractivity contribution in [3.63, 3.8) is 0 Å². The zero-order chi connectivity index (χ0) is 16.1. The number of hydrogen-bond donors (Lipinski definition) is 2. The van der Waals surface area contributed by atoms with Gasteiger partial charge in [0.05, 0.1) is 12.6 Å². The third-order valence-corrected chi connectivity index (χ3v) is 4.22. The first-order valence-electron chi connectivity index (χ1n) is 8.09. The van der Waals surface area contributed by atoms with Crippen LogP contribution in [0.1, 0.15) is 51.2 Å². The molecule has 1 fully saturated rings. The van der Waals surface area contributed by atoms with Crippen molar-refractivity contribution in [2.45, 2.75) is 64.6 Å². The molecule has 0 aliphatic heterocycles. The first-order chi connectivity index (χ1) is 10.5. The first kappa shape index (κ1) is 19.9. The quantitative estimate of drug-likeness (QED) is 0.803. The number of carbonyl (C=O) groups excluding carboxylic acids is 1. The molecule has 23 heavy (non-hydrogen) atoms. The topological polar surface area (TPSA) is 105 Å². The number of hydrogen-bond acceptors (Lipinski definition) is 6. The van der Waals surface area contributed by atoms with Gasteiger partial charge in [-0.25, -0.2) is 0 Å². The maximum absolute atomic E-state index is 12.6. The van der Waals surface area contributed by atoms with E-state index >= 15 is 0 Å². The van der Waals surface area contributed by atoms with Crippen LogP contribution in [0.25, 0.3) is 0 Å². The maximum atomic E-state index is 12.6. The van der Waals surface area contributed by atoms with E-state index in [1.807, 2.05) is 13.8 Å². The predicted molar refractivity (Wildman–Crippen MR) is 88.0 cm³/mol. The Kier molecular flexibility index (Phi) is 7.94. The number of aliphatic hydroxyl groups is 1. The number of aliphatic hydroxyl groups excluding tert-OH is 1. The molecular weight excluding hydrogens is 320 g/mol. The predicted octanol–water partition coefficient (Wildman–Crippen LogP) is 1.28. The molecule has 1 amide bonds. The number of rotatable bonds is 6. The number of aromatic nitrogens is 2. The lowest BCUT2D eigenvalue weighted by molar-refractivity contribution is -0.138. The molecule has 132 valence electrons. The second kappa shape index (κ2) is 9.20. The summed E-state index contributed by atoms with van der Waals surface area (Å²) >= 11 is 0. The highest BCUT2D eigenvalue weighted by molar-refractivity contribution is 5.85. The van der Waals surface area contributed by atoms with Gasteiger partial charge in [-0.2, -0.15) is 4.98 Å². The number of nitrogens with two attached hydrogens (primary N) is 1. The largest absolute Gasteiger partial charge is 0.391 e. The van der Waals surface area contributed by atoms with Gasteiger partial charge in [0.1, 0.15) is 0 Å². The van der Waals surface area contributed by atoms with E-state index in [0.29, 0.717) is 37.6 Å². The number of halogens is 1.